The summed E-state index contributed by atoms with van der Waals surface area (Å²) in [6.45, 7) is 0.163. The molecule has 1 aliphatic rings. The maximum Gasteiger partial charge on any atom is 0.417 e. The van der Waals surface area contributed by atoms with E-state index in [2.05, 4.69) is 0 Å². The molecule has 1 fully saturated rings. The molecule has 1 heterocycles. The number of aliphatic hydroxyl groups excluding tert-OH is 1. The van der Waals surface area contributed by atoms with E-state index in [-0.39, 0.29) is 12.2 Å². The van der Waals surface area contributed by atoms with Crippen LogP contribution in [0.25, 0.3) is 0 Å². The van der Waals surface area contributed by atoms with Crippen LogP contribution >= 0.6 is 0 Å². The molecular weight excluding hydrogens is 271 g/mol. The molecule has 3 nitrogen and oxygen atoms in total. The monoisotopic (exact) mass is 287 g/mol. The number of carbonyl (C=O) groups excluding carboxylic acids is 1. The molecule has 1 atom stereocenters. The van der Waals surface area contributed by atoms with Gasteiger partial charge in [0.1, 0.15) is 0 Å². The van der Waals surface area contributed by atoms with Gasteiger partial charge in [0, 0.05) is 6.54 Å². The van der Waals surface area contributed by atoms with Crippen molar-refractivity contribution in [1.82, 2.24) is 4.90 Å². The summed E-state index contributed by atoms with van der Waals surface area (Å²) < 4.78 is 38.8. The normalized spacial score (nSPS) is 20.0. The van der Waals surface area contributed by atoms with Crippen LogP contribution in [0.4, 0.5) is 13.2 Å². The Hall–Kier alpha value is -1.56. The number of nitrogens with zero attached hydrogens (tertiary/aromatic N) is 1. The standard InChI is InChI=1S/C14H16F3NO2/c15-14(16,17)12-7-2-1-6-11(12)13(20)18-8-4-3-5-10(18)9-19/h1-2,6-7,10,19H,3-5,8-9H2. The number of carbonyl (C=O) groups is 1. The Labute approximate surface area is 115 Å². The van der Waals surface area contributed by atoms with Crippen molar-refractivity contribution in [3.05, 3.63) is 35.4 Å². The van der Waals surface area contributed by atoms with E-state index in [9.17, 15) is 23.1 Å². The maximum absolute atomic E-state index is 12.9. The fourth-order valence-electron chi connectivity index (χ4n) is 2.53. The summed E-state index contributed by atoms with van der Waals surface area (Å²) in [5, 5.41) is 9.27. The first-order valence-electron chi connectivity index (χ1n) is 6.53. The van der Waals surface area contributed by atoms with E-state index in [1.807, 2.05) is 0 Å². The third-order valence-electron chi connectivity index (χ3n) is 3.56. The fourth-order valence-corrected chi connectivity index (χ4v) is 2.53. The molecule has 0 saturated carbocycles. The quantitative estimate of drug-likeness (QED) is 0.908. The van der Waals surface area contributed by atoms with Gasteiger partial charge >= 0.3 is 6.18 Å². The Morgan fingerprint density at radius 1 is 1.30 bits per heavy atom. The van der Waals surface area contributed by atoms with Crippen molar-refractivity contribution in [3.8, 4) is 0 Å². The van der Waals surface area contributed by atoms with Gasteiger partial charge in [0.15, 0.2) is 0 Å². The summed E-state index contributed by atoms with van der Waals surface area (Å²) in [4.78, 5) is 13.7. The van der Waals surface area contributed by atoms with Crippen LogP contribution in [0.3, 0.4) is 0 Å². The van der Waals surface area contributed by atoms with Crippen molar-refractivity contribution < 1.29 is 23.1 Å². The number of halogens is 3. The van der Waals surface area contributed by atoms with Crippen molar-refractivity contribution >= 4 is 5.91 Å². The Bertz CT molecular complexity index is 488. The van der Waals surface area contributed by atoms with E-state index in [4.69, 9.17) is 0 Å². The first kappa shape index (κ1) is 14.8. The highest BCUT2D eigenvalue weighted by Gasteiger charge is 2.37. The number of hydrogen-bond acceptors (Lipinski definition) is 2. The highest BCUT2D eigenvalue weighted by Crippen LogP contribution is 2.33. The molecule has 0 aliphatic carbocycles. The number of piperidine rings is 1. The van der Waals surface area contributed by atoms with Crippen LogP contribution in [0.5, 0.6) is 0 Å². The molecule has 1 aliphatic heterocycles. The van der Waals surface area contributed by atoms with Crippen LogP contribution in [0, 0.1) is 0 Å². The molecule has 1 N–H and O–H groups in total. The minimum absolute atomic E-state index is 0.222. The van der Waals surface area contributed by atoms with Crippen molar-refractivity contribution in [1.29, 1.82) is 0 Å². The molecule has 0 spiro atoms. The summed E-state index contributed by atoms with van der Waals surface area (Å²) in [5.74, 6) is -0.656. The zero-order valence-corrected chi connectivity index (χ0v) is 10.9. The Morgan fingerprint density at radius 2 is 2.00 bits per heavy atom. The van der Waals surface area contributed by atoms with Crippen LogP contribution in [0.1, 0.15) is 35.2 Å². The average Bonchev–Trinajstić information content (AvgIpc) is 2.45. The van der Waals surface area contributed by atoms with Gasteiger partial charge in [-0.3, -0.25) is 4.79 Å². The lowest BCUT2D eigenvalue weighted by Gasteiger charge is -2.35. The van der Waals surface area contributed by atoms with Gasteiger partial charge in [-0.15, -0.1) is 0 Å². The summed E-state index contributed by atoms with van der Waals surface area (Å²) in [7, 11) is 0. The van der Waals surface area contributed by atoms with Crippen LogP contribution in [0.15, 0.2) is 24.3 Å². The molecule has 0 bridgehead atoms. The lowest BCUT2D eigenvalue weighted by Crippen LogP contribution is -2.46. The van der Waals surface area contributed by atoms with Gasteiger partial charge in [0.25, 0.3) is 5.91 Å². The predicted octanol–water partition coefficient (Wildman–Crippen LogP) is 2.69. The Kier molecular flexibility index (Phi) is 4.32. The number of likely N-dealkylation sites (tertiary alicyclic amines) is 1. The molecule has 1 unspecified atom stereocenters. The number of benzene rings is 1. The van der Waals surface area contributed by atoms with E-state index in [1.54, 1.807) is 0 Å². The van der Waals surface area contributed by atoms with Gasteiger partial charge < -0.3 is 10.0 Å². The number of alkyl halides is 3. The molecule has 0 radical (unpaired) electrons. The van der Waals surface area contributed by atoms with Crippen molar-refractivity contribution in [3.63, 3.8) is 0 Å². The topological polar surface area (TPSA) is 40.5 Å². The lowest BCUT2D eigenvalue weighted by atomic mass is 9.99. The number of rotatable bonds is 2. The Balaban J connectivity index is 2.33. The van der Waals surface area contributed by atoms with E-state index >= 15 is 0 Å². The zero-order valence-electron chi connectivity index (χ0n) is 10.9. The van der Waals surface area contributed by atoms with Crippen LogP contribution in [0.2, 0.25) is 0 Å². The van der Waals surface area contributed by atoms with Crippen molar-refractivity contribution in [2.45, 2.75) is 31.5 Å². The van der Waals surface area contributed by atoms with Gasteiger partial charge in [-0.2, -0.15) is 13.2 Å². The van der Waals surface area contributed by atoms with E-state index in [1.165, 1.54) is 23.1 Å². The third-order valence-corrected chi connectivity index (χ3v) is 3.56. The minimum Gasteiger partial charge on any atom is -0.394 e. The fraction of sp³-hybridized carbons (Fsp3) is 0.500. The number of hydrogen-bond donors (Lipinski definition) is 1. The lowest BCUT2D eigenvalue weighted by molar-refractivity contribution is -0.138. The number of amides is 1. The molecule has 6 heteroatoms. The molecule has 110 valence electrons. The second-order valence-electron chi connectivity index (χ2n) is 4.87. The smallest absolute Gasteiger partial charge is 0.394 e. The van der Waals surface area contributed by atoms with Crippen LogP contribution in [-0.4, -0.2) is 35.1 Å². The van der Waals surface area contributed by atoms with Crippen molar-refractivity contribution in [2.75, 3.05) is 13.2 Å². The van der Waals surface area contributed by atoms with Crippen LogP contribution < -0.4 is 0 Å². The third kappa shape index (κ3) is 2.95. The van der Waals surface area contributed by atoms with Crippen molar-refractivity contribution in [2.24, 2.45) is 0 Å². The van der Waals surface area contributed by atoms with Crippen LogP contribution in [-0.2, 0) is 6.18 Å². The second kappa shape index (κ2) is 5.83. The summed E-state index contributed by atoms with van der Waals surface area (Å²) >= 11 is 0. The van der Waals surface area contributed by atoms with Gasteiger partial charge in [-0.05, 0) is 31.4 Å². The highest BCUT2D eigenvalue weighted by atomic mass is 19.4. The van der Waals surface area contributed by atoms with E-state index < -0.39 is 23.7 Å². The first-order chi connectivity index (χ1) is 9.45. The molecule has 1 aromatic rings. The molecule has 1 saturated heterocycles. The molecule has 1 aromatic carbocycles. The van der Waals surface area contributed by atoms with E-state index in [0.717, 1.165) is 18.9 Å². The predicted molar refractivity (Wildman–Crippen MR) is 67.2 cm³/mol. The molecule has 0 aromatic heterocycles. The van der Waals surface area contributed by atoms with Gasteiger partial charge in [-0.25, -0.2) is 0 Å². The second-order valence-corrected chi connectivity index (χ2v) is 4.87. The molecule has 2 rings (SSSR count). The average molecular weight is 287 g/mol. The molecule has 20 heavy (non-hydrogen) atoms. The Morgan fingerprint density at radius 3 is 2.65 bits per heavy atom. The SMILES string of the molecule is O=C(c1ccccc1C(F)(F)F)N1CCCCC1CO. The summed E-state index contributed by atoms with van der Waals surface area (Å²) in [6, 6.07) is 4.39. The highest BCUT2D eigenvalue weighted by molar-refractivity contribution is 5.96. The maximum atomic E-state index is 12.9. The van der Waals surface area contributed by atoms with Gasteiger partial charge in [0.2, 0.25) is 0 Å². The molecule has 1 amide bonds. The first-order valence-corrected chi connectivity index (χ1v) is 6.53. The summed E-state index contributed by atoms with van der Waals surface area (Å²) in [5.41, 5.74) is -1.27. The van der Waals surface area contributed by atoms with Gasteiger partial charge in [-0.1, -0.05) is 12.1 Å². The number of aliphatic hydroxyl groups is 1. The summed E-state index contributed by atoms with van der Waals surface area (Å²) in [6.07, 6.45) is -2.32. The zero-order chi connectivity index (χ0) is 14.8. The largest absolute Gasteiger partial charge is 0.417 e. The van der Waals surface area contributed by atoms with Gasteiger partial charge in [0.05, 0.1) is 23.8 Å². The minimum atomic E-state index is -4.56. The van der Waals surface area contributed by atoms with E-state index in [0.29, 0.717) is 13.0 Å². The molecular formula is C14H16F3NO2.